The SMILES string of the molecule is COc1ccc2c(c1C(C)CC=O)CCCC2. The number of rotatable bonds is 4. The van der Waals surface area contributed by atoms with Gasteiger partial charge in [0.2, 0.25) is 0 Å². The fourth-order valence-electron chi connectivity index (χ4n) is 2.82. The highest BCUT2D eigenvalue weighted by molar-refractivity contribution is 5.55. The summed E-state index contributed by atoms with van der Waals surface area (Å²) in [5.41, 5.74) is 4.14. The molecule has 1 aromatic rings. The summed E-state index contributed by atoms with van der Waals surface area (Å²) >= 11 is 0. The lowest BCUT2D eigenvalue weighted by molar-refractivity contribution is -0.108. The molecule has 0 fully saturated rings. The summed E-state index contributed by atoms with van der Waals surface area (Å²) in [7, 11) is 1.71. The molecule has 1 atom stereocenters. The van der Waals surface area contributed by atoms with Gasteiger partial charge in [-0.05, 0) is 48.8 Å². The minimum Gasteiger partial charge on any atom is -0.496 e. The van der Waals surface area contributed by atoms with Crippen molar-refractivity contribution in [3.63, 3.8) is 0 Å². The van der Waals surface area contributed by atoms with Gasteiger partial charge in [-0.1, -0.05) is 13.0 Å². The van der Waals surface area contributed by atoms with Crippen molar-refractivity contribution < 1.29 is 9.53 Å². The van der Waals surface area contributed by atoms with E-state index in [0.717, 1.165) is 18.5 Å². The maximum absolute atomic E-state index is 10.7. The smallest absolute Gasteiger partial charge is 0.122 e. The third-order valence-electron chi connectivity index (χ3n) is 3.70. The second-order valence-electron chi connectivity index (χ2n) is 4.83. The third kappa shape index (κ3) is 2.36. The number of hydrogen-bond donors (Lipinski definition) is 0. The number of carbonyl (C=O) groups is 1. The first-order valence-corrected chi connectivity index (χ1v) is 6.40. The highest BCUT2D eigenvalue weighted by Crippen LogP contribution is 2.36. The zero-order valence-electron chi connectivity index (χ0n) is 10.7. The van der Waals surface area contributed by atoms with Crippen molar-refractivity contribution in [1.82, 2.24) is 0 Å². The van der Waals surface area contributed by atoms with Crippen LogP contribution in [0.3, 0.4) is 0 Å². The number of aryl methyl sites for hydroxylation is 1. The summed E-state index contributed by atoms with van der Waals surface area (Å²) in [5, 5.41) is 0. The van der Waals surface area contributed by atoms with Crippen LogP contribution in [0, 0.1) is 0 Å². The lowest BCUT2D eigenvalue weighted by atomic mass is 9.83. The predicted molar refractivity (Wildman–Crippen MR) is 68.7 cm³/mol. The zero-order chi connectivity index (χ0) is 12.3. The van der Waals surface area contributed by atoms with Crippen molar-refractivity contribution in [3.8, 4) is 5.75 Å². The van der Waals surface area contributed by atoms with E-state index < -0.39 is 0 Å². The van der Waals surface area contributed by atoms with Crippen LogP contribution in [-0.4, -0.2) is 13.4 Å². The number of hydrogen-bond acceptors (Lipinski definition) is 2. The van der Waals surface area contributed by atoms with E-state index in [9.17, 15) is 4.79 Å². The van der Waals surface area contributed by atoms with Crippen molar-refractivity contribution in [2.75, 3.05) is 7.11 Å². The van der Waals surface area contributed by atoms with Gasteiger partial charge in [-0.25, -0.2) is 0 Å². The Morgan fingerprint density at radius 3 is 2.82 bits per heavy atom. The van der Waals surface area contributed by atoms with Gasteiger partial charge < -0.3 is 9.53 Å². The Kier molecular flexibility index (Phi) is 3.82. The molecule has 0 radical (unpaired) electrons. The molecule has 2 rings (SSSR count). The number of aldehydes is 1. The van der Waals surface area contributed by atoms with Gasteiger partial charge in [-0.15, -0.1) is 0 Å². The van der Waals surface area contributed by atoms with Crippen molar-refractivity contribution in [2.24, 2.45) is 0 Å². The summed E-state index contributed by atoms with van der Waals surface area (Å²) in [5.74, 6) is 1.20. The minimum atomic E-state index is 0.260. The van der Waals surface area contributed by atoms with Gasteiger partial charge in [-0.3, -0.25) is 0 Å². The Balaban J connectivity index is 2.47. The van der Waals surface area contributed by atoms with Gasteiger partial charge in [0.1, 0.15) is 12.0 Å². The molecule has 1 aliphatic carbocycles. The molecule has 1 unspecified atom stereocenters. The van der Waals surface area contributed by atoms with E-state index in [1.807, 2.05) is 0 Å². The van der Waals surface area contributed by atoms with Crippen molar-refractivity contribution in [2.45, 2.75) is 44.9 Å². The van der Waals surface area contributed by atoms with Crippen molar-refractivity contribution in [1.29, 1.82) is 0 Å². The van der Waals surface area contributed by atoms with E-state index in [2.05, 4.69) is 19.1 Å². The fraction of sp³-hybridized carbons (Fsp3) is 0.533. The highest BCUT2D eigenvalue weighted by Gasteiger charge is 2.20. The van der Waals surface area contributed by atoms with E-state index in [-0.39, 0.29) is 5.92 Å². The van der Waals surface area contributed by atoms with Crippen LogP contribution in [0.5, 0.6) is 5.75 Å². The van der Waals surface area contributed by atoms with Crippen molar-refractivity contribution >= 4 is 6.29 Å². The van der Waals surface area contributed by atoms with Crippen LogP contribution in [-0.2, 0) is 17.6 Å². The van der Waals surface area contributed by atoms with E-state index in [1.165, 1.54) is 36.0 Å². The molecular weight excluding hydrogens is 212 g/mol. The second-order valence-corrected chi connectivity index (χ2v) is 4.83. The van der Waals surface area contributed by atoms with Gasteiger partial charge in [0.25, 0.3) is 0 Å². The van der Waals surface area contributed by atoms with Gasteiger partial charge >= 0.3 is 0 Å². The van der Waals surface area contributed by atoms with Gasteiger partial charge in [0.05, 0.1) is 7.11 Å². The summed E-state index contributed by atoms with van der Waals surface area (Å²) in [6, 6.07) is 4.24. The number of ether oxygens (including phenoxy) is 1. The Labute approximate surface area is 103 Å². The van der Waals surface area contributed by atoms with Crippen LogP contribution in [0.4, 0.5) is 0 Å². The maximum Gasteiger partial charge on any atom is 0.122 e. The molecule has 92 valence electrons. The van der Waals surface area contributed by atoms with Crippen LogP contribution >= 0.6 is 0 Å². The molecule has 2 nitrogen and oxygen atoms in total. The molecular formula is C15H20O2. The topological polar surface area (TPSA) is 26.3 Å². The Morgan fingerprint density at radius 1 is 1.35 bits per heavy atom. The van der Waals surface area contributed by atoms with Crippen LogP contribution in [0.2, 0.25) is 0 Å². The molecule has 17 heavy (non-hydrogen) atoms. The molecule has 0 amide bonds. The number of benzene rings is 1. The lowest BCUT2D eigenvalue weighted by Gasteiger charge is -2.24. The largest absolute Gasteiger partial charge is 0.496 e. The quantitative estimate of drug-likeness (QED) is 0.745. The number of methoxy groups -OCH3 is 1. The molecule has 0 bridgehead atoms. The first-order valence-electron chi connectivity index (χ1n) is 6.40. The average Bonchev–Trinajstić information content (AvgIpc) is 2.37. The van der Waals surface area contributed by atoms with Gasteiger partial charge in [0.15, 0.2) is 0 Å². The molecule has 0 aliphatic heterocycles. The van der Waals surface area contributed by atoms with Crippen LogP contribution in [0.1, 0.15) is 48.8 Å². The summed E-state index contributed by atoms with van der Waals surface area (Å²) in [6.45, 7) is 2.11. The lowest BCUT2D eigenvalue weighted by Crippen LogP contribution is -2.10. The van der Waals surface area contributed by atoms with Crippen LogP contribution in [0.15, 0.2) is 12.1 Å². The van der Waals surface area contributed by atoms with E-state index in [0.29, 0.717) is 6.42 Å². The molecule has 1 aliphatic rings. The van der Waals surface area contributed by atoms with Crippen LogP contribution < -0.4 is 4.74 Å². The fourth-order valence-corrected chi connectivity index (χ4v) is 2.82. The van der Waals surface area contributed by atoms with Crippen molar-refractivity contribution in [3.05, 3.63) is 28.8 Å². The standard InChI is InChI=1S/C15H20O2/c1-11(9-10-16)15-13-6-4-3-5-12(13)7-8-14(15)17-2/h7-8,10-11H,3-6,9H2,1-2H3. The second kappa shape index (κ2) is 5.35. The highest BCUT2D eigenvalue weighted by atomic mass is 16.5. The molecule has 1 aromatic carbocycles. The first kappa shape index (κ1) is 12.2. The molecule has 0 heterocycles. The molecule has 2 heteroatoms. The summed E-state index contributed by atoms with van der Waals surface area (Å²) < 4.78 is 5.46. The third-order valence-corrected chi connectivity index (χ3v) is 3.70. The monoisotopic (exact) mass is 232 g/mol. The Bertz CT molecular complexity index is 410. The molecule has 0 aromatic heterocycles. The first-order chi connectivity index (χ1) is 8.27. The van der Waals surface area contributed by atoms with Gasteiger partial charge in [-0.2, -0.15) is 0 Å². The molecule has 0 N–H and O–H groups in total. The van der Waals surface area contributed by atoms with Crippen LogP contribution in [0.25, 0.3) is 0 Å². The number of carbonyl (C=O) groups excluding carboxylic acids is 1. The van der Waals surface area contributed by atoms with E-state index >= 15 is 0 Å². The van der Waals surface area contributed by atoms with E-state index in [1.54, 1.807) is 7.11 Å². The average molecular weight is 232 g/mol. The maximum atomic E-state index is 10.7. The molecule has 0 saturated carbocycles. The predicted octanol–water partition coefficient (Wildman–Crippen LogP) is 3.27. The number of fused-ring (bicyclic) bond motifs is 1. The molecule has 0 spiro atoms. The summed E-state index contributed by atoms with van der Waals surface area (Å²) in [6.07, 6.45) is 6.41. The normalized spacial score (nSPS) is 16.1. The van der Waals surface area contributed by atoms with Gasteiger partial charge in [0, 0.05) is 12.0 Å². The summed E-state index contributed by atoms with van der Waals surface area (Å²) in [4.78, 5) is 10.7. The Morgan fingerprint density at radius 2 is 2.12 bits per heavy atom. The Hall–Kier alpha value is -1.31. The minimum absolute atomic E-state index is 0.260. The molecule has 0 saturated heterocycles. The zero-order valence-corrected chi connectivity index (χ0v) is 10.7. The van der Waals surface area contributed by atoms with E-state index in [4.69, 9.17) is 4.74 Å².